The number of halogens is 2. The molecule has 0 unspecified atom stereocenters. The number of carbonyl (C=O) groups is 3. The van der Waals surface area contributed by atoms with Crippen LogP contribution in [0.2, 0.25) is 10.0 Å². The lowest BCUT2D eigenvalue weighted by Crippen LogP contribution is -2.51. The van der Waals surface area contributed by atoms with E-state index in [0.717, 1.165) is 5.56 Å². The van der Waals surface area contributed by atoms with E-state index < -0.39 is 18.1 Å². The smallest absolute Gasteiger partial charge is 0.327 e. The molecule has 7 nitrogen and oxygen atoms in total. The van der Waals surface area contributed by atoms with Gasteiger partial charge in [0.1, 0.15) is 6.04 Å². The van der Waals surface area contributed by atoms with E-state index in [4.69, 9.17) is 27.9 Å². The van der Waals surface area contributed by atoms with Gasteiger partial charge >= 0.3 is 5.97 Å². The molecule has 1 heterocycles. The van der Waals surface area contributed by atoms with Crippen LogP contribution >= 0.6 is 23.2 Å². The third-order valence-corrected chi connectivity index (χ3v) is 6.28. The number of esters is 1. The SMILES string of the molecule is COC(=O)[C@H](c1ccccc1Cl)N1CCN(C(=O)C[C@H](NC(C)=O)c2ccc(Cl)cc2)CC1. The summed E-state index contributed by atoms with van der Waals surface area (Å²) in [4.78, 5) is 41.0. The number of benzene rings is 2. The van der Waals surface area contributed by atoms with Crippen molar-refractivity contribution in [3.8, 4) is 0 Å². The summed E-state index contributed by atoms with van der Waals surface area (Å²) in [5.41, 5.74) is 1.49. The summed E-state index contributed by atoms with van der Waals surface area (Å²) in [6.45, 7) is 3.30. The van der Waals surface area contributed by atoms with E-state index in [0.29, 0.717) is 41.8 Å². The Labute approximate surface area is 203 Å². The molecule has 2 atom stereocenters. The number of hydrogen-bond acceptors (Lipinski definition) is 5. The molecule has 0 bridgehead atoms. The standard InChI is InChI=1S/C24H27Cl2N3O4/c1-16(30)27-21(17-7-9-18(25)10-8-17)15-22(31)28-11-13-29(14-12-28)23(24(32)33-2)19-5-3-4-6-20(19)26/h3-10,21,23H,11-15H2,1-2H3,(H,27,30)/t21-,23-/m0/s1. The summed E-state index contributed by atoms with van der Waals surface area (Å²) < 4.78 is 5.03. The maximum atomic E-state index is 13.0. The van der Waals surface area contributed by atoms with Gasteiger partial charge in [0.25, 0.3) is 0 Å². The lowest BCUT2D eigenvalue weighted by Gasteiger charge is -2.38. The fourth-order valence-electron chi connectivity index (χ4n) is 4.01. The monoisotopic (exact) mass is 491 g/mol. The second-order valence-electron chi connectivity index (χ2n) is 7.87. The number of piperazine rings is 1. The van der Waals surface area contributed by atoms with Crippen molar-refractivity contribution in [2.24, 2.45) is 0 Å². The highest BCUT2D eigenvalue weighted by Gasteiger charge is 2.34. The minimum absolute atomic E-state index is 0.0734. The number of rotatable bonds is 7. The normalized spacial score (nSPS) is 16.1. The maximum absolute atomic E-state index is 13.0. The van der Waals surface area contributed by atoms with Crippen LogP contribution < -0.4 is 5.32 Å². The Balaban J connectivity index is 1.67. The highest BCUT2D eigenvalue weighted by molar-refractivity contribution is 6.31. The van der Waals surface area contributed by atoms with Crippen LogP contribution in [0.3, 0.4) is 0 Å². The van der Waals surface area contributed by atoms with Crippen LogP contribution in [0.4, 0.5) is 0 Å². The van der Waals surface area contributed by atoms with E-state index in [9.17, 15) is 14.4 Å². The molecule has 0 aliphatic carbocycles. The highest BCUT2D eigenvalue weighted by Crippen LogP contribution is 2.30. The molecule has 1 fully saturated rings. The number of methoxy groups -OCH3 is 1. The van der Waals surface area contributed by atoms with E-state index in [-0.39, 0.29) is 18.2 Å². The zero-order chi connectivity index (χ0) is 24.0. The Morgan fingerprint density at radius 1 is 1.00 bits per heavy atom. The van der Waals surface area contributed by atoms with Crippen LogP contribution in [0.5, 0.6) is 0 Å². The summed E-state index contributed by atoms with van der Waals surface area (Å²) in [6, 6.07) is 13.2. The van der Waals surface area contributed by atoms with E-state index in [1.165, 1.54) is 14.0 Å². The van der Waals surface area contributed by atoms with Gasteiger partial charge in [-0.1, -0.05) is 53.5 Å². The Morgan fingerprint density at radius 3 is 2.21 bits per heavy atom. The van der Waals surface area contributed by atoms with Gasteiger partial charge in [0.15, 0.2) is 0 Å². The van der Waals surface area contributed by atoms with Crippen LogP contribution in [0, 0.1) is 0 Å². The van der Waals surface area contributed by atoms with Gasteiger partial charge in [0.2, 0.25) is 11.8 Å². The molecular weight excluding hydrogens is 465 g/mol. The Morgan fingerprint density at radius 2 is 1.64 bits per heavy atom. The molecule has 0 radical (unpaired) electrons. The van der Waals surface area contributed by atoms with E-state index in [1.54, 1.807) is 35.2 Å². The van der Waals surface area contributed by atoms with Crippen molar-refractivity contribution >= 4 is 41.0 Å². The first-order valence-electron chi connectivity index (χ1n) is 10.7. The zero-order valence-corrected chi connectivity index (χ0v) is 20.1. The first kappa shape index (κ1) is 25.0. The van der Waals surface area contributed by atoms with Crippen molar-refractivity contribution in [2.45, 2.75) is 25.4 Å². The molecule has 1 aliphatic heterocycles. The van der Waals surface area contributed by atoms with Gasteiger partial charge in [-0.05, 0) is 29.3 Å². The summed E-state index contributed by atoms with van der Waals surface area (Å²) in [6.07, 6.45) is 0.131. The number of carbonyl (C=O) groups excluding carboxylic acids is 3. The van der Waals surface area contributed by atoms with Gasteiger partial charge in [-0.25, -0.2) is 4.79 Å². The van der Waals surface area contributed by atoms with Crippen molar-refractivity contribution < 1.29 is 19.1 Å². The van der Waals surface area contributed by atoms with Crippen LogP contribution in [-0.2, 0) is 19.1 Å². The average molecular weight is 492 g/mol. The Kier molecular flexibility index (Phi) is 8.72. The highest BCUT2D eigenvalue weighted by atomic mass is 35.5. The van der Waals surface area contributed by atoms with Gasteiger partial charge in [0, 0.05) is 43.1 Å². The van der Waals surface area contributed by atoms with Crippen molar-refractivity contribution in [2.75, 3.05) is 33.3 Å². The fourth-order valence-corrected chi connectivity index (χ4v) is 4.37. The Hall–Kier alpha value is -2.61. The first-order valence-corrected chi connectivity index (χ1v) is 11.4. The number of amides is 2. The topological polar surface area (TPSA) is 79.0 Å². The Bertz CT molecular complexity index is 991. The molecule has 1 saturated heterocycles. The molecule has 176 valence electrons. The summed E-state index contributed by atoms with van der Waals surface area (Å²) in [5, 5.41) is 3.92. The first-order chi connectivity index (χ1) is 15.8. The quantitative estimate of drug-likeness (QED) is 0.598. The second kappa shape index (κ2) is 11.5. The summed E-state index contributed by atoms with van der Waals surface area (Å²) in [7, 11) is 1.35. The van der Waals surface area contributed by atoms with Gasteiger partial charge in [-0.2, -0.15) is 0 Å². The zero-order valence-electron chi connectivity index (χ0n) is 18.6. The van der Waals surface area contributed by atoms with Crippen LogP contribution in [-0.4, -0.2) is 60.9 Å². The average Bonchev–Trinajstić information content (AvgIpc) is 2.80. The molecule has 0 aromatic heterocycles. The summed E-state index contributed by atoms with van der Waals surface area (Å²) in [5.74, 6) is -0.680. The molecule has 1 aliphatic rings. The number of hydrogen-bond donors (Lipinski definition) is 1. The molecule has 2 amide bonds. The third-order valence-electron chi connectivity index (χ3n) is 5.68. The summed E-state index contributed by atoms with van der Waals surface area (Å²) >= 11 is 12.3. The third kappa shape index (κ3) is 6.47. The van der Waals surface area contributed by atoms with E-state index in [1.807, 2.05) is 23.1 Å². The van der Waals surface area contributed by atoms with Crippen LogP contribution in [0.1, 0.15) is 36.6 Å². The van der Waals surface area contributed by atoms with Crippen LogP contribution in [0.15, 0.2) is 48.5 Å². The molecule has 3 rings (SSSR count). The molecule has 2 aromatic carbocycles. The number of nitrogens with one attached hydrogen (secondary N) is 1. The molecule has 0 spiro atoms. The van der Waals surface area contributed by atoms with Crippen molar-refractivity contribution in [1.29, 1.82) is 0 Å². The van der Waals surface area contributed by atoms with Crippen molar-refractivity contribution in [3.05, 3.63) is 69.7 Å². The van der Waals surface area contributed by atoms with Gasteiger partial charge in [0.05, 0.1) is 19.6 Å². The predicted molar refractivity (Wildman–Crippen MR) is 127 cm³/mol. The molecule has 1 N–H and O–H groups in total. The number of nitrogens with zero attached hydrogens (tertiary/aromatic N) is 2. The molecule has 0 saturated carbocycles. The number of ether oxygens (including phenoxy) is 1. The van der Waals surface area contributed by atoms with Crippen molar-refractivity contribution in [3.63, 3.8) is 0 Å². The minimum Gasteiger partial charge on any atom is -0.468 e. The fraction of sp³-hybridized carbons (Fsp3) is 0.375. The largest absolute Gasteiger partial charge is 0.468 e. The molecule has 33 heavy (non-hydrogen) atoms. The van der Waals surface area contributed by atoms with E-state index in [2.05, 4.69) is 5.32 Å². The van der Waals surface area contributed by atoms with Gasteiger partial charge in [-0.15, -0.1) is 0 Å². The molecule has 9 heteroatoms. The molecular formula is C24H27Cl2N3O4. The predicted octanol–water partition coefficient (Wildman–Crippen LogP) is 3.62. The molecule has 2 aromatic rings. The van der Waals surface area contributed by atoms with Gasteiger partial charge < -0.3 is 15.0 Å². The lowest BCUT2D eigenvalue weighted by atomic mass is 10.0. The second-order valence-corrected chi connectivity index (χ2v) is 8.72. The minimum atomic E-state index is -0.637. The van der Waals surface area contributed by atoms with Gasteiger partial charge in [-0.3, -0.25) is 14.5 Å². The lowest BCUT2D eigenvalue weighted by molar-refractivity contribution is -0.148. The van der Waals surface area contributed by atoms with Crippen LogP contribution in [0.25, 0.3) is 0 Å². The van der Waals surface area contributed by atoms with Crippen molar-refractivity contribution in [1.82, 2.24) is 15.1 Å². The maximum Gasteiger partial charge on any atom is 0.327 e. The van der Waals surface area contributed by atoms with E-state index >= 15 is 0 Å².